The first-order chi connectivity index (χ1) is 7.66. The molecule has 2 rings (SSSR count). The van der Waals surface area contributed by atoms with Crippen molar-refractivity contribution in [2.24, 2.45) is 11.7 Å². The number of nitrogens with two attached hydrogens (primary N) is 1. The van der Waals surface area contributed by atoms with Gasteiger partial charge in [0.15, 0.2) is 0 Å². The van der Waals surface area contributed by atoms with Gasteiger partial charge in [0, 0.05) is 5.92 Å². The molecule has 0 unspecified atom stereocenters. The number of rotatable bonds is 2. The van der Waals surface area contributed by atoms with Gasteiger partial charge < -0.3 is 15.9 Å². The summed E-state index contributed by atoms with van der Waals surface area (Å²) in [7, 11) is 0. The van der Waals surface area contributed by atoms with Crippen molar-refractivity contribution in [3.05, 3.63) is 29.8 Å². The second kappa shape index (κ2) is 4.44. The third kappa shape index (κ3) is 1.93. The number of phenolic OH excluding ortho intramolecular Hbond substituents is 1. The first kappa shape index (κ1) is 11.4. The summed E-state index contributed by atoms with van der Waals surface area (Å²) >= 11 is 0. The van der Waals surface area contributed by atoms with E-state index in [-0.39, 0.29) is 11.7 Å². The van der Waals surface area contributed by atoms with E-state index in [1.807, 2.05) is 6.07 Å². The fourth-order valence-electron chi connectivity index (χ4n) is 2.70. The van der Waals surface area contributed by atoms with Crippen LogP contribution in [0.3, 0.4) is 0 Å². The van der Waals surface area contributed by atoms with Crippen LogP contribution in [0, 0.1) is 5.92 Å². The van der Waals surface area contributed by atoms with Crippen molar-refractivity contribution in [3.63, 3.8) is 0 Å². The Morgan fingerprint density at radius 1 is 1.38 bits per heavy atom. The highest BCUT2D eigenvalue weighted by Gasteiger charge is 2.39. The number of phenols is 1. The molecule has 3 heteroatoms. The summed E-state index contributed by atoms with van der Waals surface area (Å²) in [5.74, 6) is 0.301. The van der Waals surface area contributed by atoms with E-state index >= 15 is 0 Å². The van der Waals surface area contributed by atoms with Crippen molar-refractivity contribution in [2.75, 3.05) is 6.54 Å². The lowest BCUT2D eigenvalue weighted by molar-refractivity contribution is -0.0507. The number of benzene rings is 1. The molecule has 0 amide bonds. The van der Waals surface area contributed by atoms with Gasteiger partial charge in [0.1, 0.15) is 5.75 Å². The van der Waals surface area contributed by atoms with Crippen molar-refractivity contribution in [3.8, 4) is 5.75 Å². The molecule has 0 heterocycles. The largest absolute Gasteiger partial charge is 0.508 e. The Labute approximate surface area is 95.9 Å². The Morgan fingerprint density at radius 2 is 2.19 bits per heavy atom. The maximum absolute atomic E-state index is 10.7. The van der Waals surface area contributed by atoms with Crippen molar-refractivity contribution in [1.82, 2.24) is 0 Å². The van der Waals surface area contributed by atoms with Crippen LogP contribution in [0.15, 0.2) is 24.3 Å². The summed E-state index contributed by atoms with van der Waals surface area (Å²) in [6.45, 7) is 0.492. The minimum atomic E-state index is -0.855. The molecule has 16 heavy (non-hydrogen) atoms. The number of aromatic hydroxyl groups is 1. The van der Waals surface area contributed by atoms with E-state index in [1.165, 1.54) is 0 Å². The first-order valence-corrected chi connectivity index (χ1v) is 5.89. The van der Waals surface area contributed by atoms with Gasteiger partial charge in [-0.2, -0.15) is 0 Å². The Kier molecular flexibility index (Phi) is 3.17. The molecule has 1 saturated carbocycles. The van der Waals surface area contributed by atoms with Crippen molar-refractivity contribution in [2.45, 2.75) is 31.3 Å². The van der Waals surface area contributed by atoms with Gasteiger partial charge in [-0.25, -0.2) is 0 Å². The summed E-state index contributed by atoms with van der Waals surface area (Å²) in [6.07, 6.45) is 3.84. The van der Waals surface area contributed by atoms with E-state index in [2.05, 4.69) is 0 Å². The average Bonchev–Trinajstić information content (AvgIpc) is 2.30. The summed E-state index contributed by atoms with van der Waals surface area (Å²) < 4.78 is 0. The van der Waals surface area contributed by atoms with E-state index in [1.54, 1.807) is 18.2 Å². The maximum atomic E-state index is 10.7. The highest BCUT2D eigenvalue weighted by Crippen LogP contribution is 2.41. The molecule has 1 aromatic rings. The molecular weight excluding hydrogens is 202 g/mol. The number of aliphatic hydroxyl groups is 1. The Hall–Kier alpha value is -1.06. The zero-order chi connectivity index (χ0) is 11.6. The smallest absolute Gasteiger partial charge is 0.115 e. The van der Waals surface area contributed by atoms with E-state index < -0.39 is 5.60 Å². The molecule has 1 fully saturated rings. The Morgan fingerprint density at radius 3 is 2.88 bits per heavy atom. The number of hydrogen-bond acceptors (Lipinski definition) is 3. The van der Waals surface area contributed by atoms with E-state index in [4.69, 9.17) is 5.73 Å². The van der Waals surface area contributed by atoms with Crippen LogP contribution in [-0.4, -0.2) is 16.8 Å². The lowest BCUT2D eigenvalue weighted by Crippen LogP contribution is -2.41. The molecular formula is C13H19NO2. The van der Waals surface area contributed by atoms with Gasteiger partial charge in [-0.1, -0.05) is 25.0 Å². The Bertz CT molecular complexity index is 367. The minimum absolute atomic E-state index is 0.100. The fraction of sp³-hybridized carbons (Fsp3) is 0.538. The fourth-order valence-corrected chi connectivity index (χ4v) is 2.70. The molecule has 2 atom stereocenters. The van der Waals surface area contributed by atoms with Crippen molar-refractivity contribution < 1.29 is 10.2 Å². The molecule has 1 aliphatic carbocycles. The zero-order valence-corrected chi connectivity index (χ0v) is 9.39. The SMILES string of the molecule is NC[C@@H]1CCCC[C@]1(O)c1cccc(O)c1. The molecule has 0 aromatic heterocycles. The lowest BCUT2D eigenvalue weighted by Gasteiger charge is -2.40. The molecule has 4 N–H and O–H groups in total. The monoisotopic (exact) mass is 221 g/mol. The molecule has 0 aliphatic heterocycles. The Balaban J connectivity index is 2.34. The molecule has 3 nitrogen and oxygen atoms in total. The second-order valence-corrected chi connectivity index (χ2v) is 4.65. The van der Waals surface area contributed by atoms with Crippen molar-refractivity contribution in [1.29, 1.82) is 0 Å². The summed E-state index contributed by atoms with van der Waals surface area (Å²) in [5, 5.41) is 20.2. The topological polar surface area (TPSA) is 66.5 Å². The normalized spacial score (nSPS) is 30.2. The molecule has 1 aromatic carbocycles. The van der Waals surface area contributed by atoms with Gasteiger partial charge >= 0.3 is 0 Å². The molecule has 0 saturated heterocycles. The third-order valence-electron chi connectivity index (χ3n) is 3.67. The first-order valence-electron chi connectivity index (χ1n) is 5.89. The van der Waals surface area contributed by atoms with Gasteiger partial charge in [0.25, 0.3) is 0 Å². The van der Waals surface area contributed by atoms with Crippen LogP contribution in [0.25, 0.3) is 0 Å². The molecule has 88 valence electrons. The van der Waals surface area contributed by atoms with Crippen molar-refractivity contribution >= 4 is 0 Å². The second-order valence-electron chi connectivity index (χ2n) is 4.65. The lowest BCUT2D eigenvalue weighted by atomic mass is 9.71. The molecule has 1 aliphatic rings. The average molecular weight is 221 g/mol. The quantitative estimate of drug-likeness (QED) is 0.712. The van der Waals surface area contributed by atoms with Crippen LogP contribution in [0.5, 0.6) is 5.75 Å². The third-order valence-corrected chi connectivity index (χ3v) is 3.67. The molecule has 0 radical (unpaired) electrons. The predicted molar refractivity (Wildman–Crippen MR) is 63.0 cm³/mol. The van der Waals surface area contributed by atoms with Crippen LogP contribution in [-0.2, 0) is 5.60 Å². The van der Waals surface area contributed by atoms with Gasteiger partial charge in [-0.05, 0) is 37.1 Å². The zero-order valence-electron chi connectivity index (χ0n) is 9.39. The van der Waals surface area contributed by atoms with E-state index in [0.29, 0.717) is 6.54 Å². The van der Waals surface area contributed by atoms with Gasteiger partial charge in [0.05, 0.1) is 5.60 Å². The van der Waals surface area contributed by atoms with Gasteiger partial charge in [-0.3, -0.25) is 0 Å². The van der Waals surface area contributed by atoms with Crippen LogP contribution in [0.4, 0.5) is 0 Å². The van der Waals surface area contributed by atoms with E-state index in [0.717, 1.165) is 31.2 Å². The van der Waals surface area contributed by atoms with Gasteiger partial charge in [0.2, 0.25) is 0 Å². The highest BCUT2D eigenvalue weighted by molar-refractivity contribution is 5.32. The highest BCUT2D eigenvalue weighted by atomic mass is 16.3. The summed E-state index contributed by atoms with van der Waals surface area (Å²) in [5.41, 5.74) is 5.67. The van der Waals surface area contributed by atoms with Crippen LogP contribution < -0.4 is 5.73 Å². The van der Waals surface area contributed by atoms with Gasteiger partial charge in [-0.15, -0.1) is 0 Å². The van der Waals surface area contributed by atoms with Crippen LogP contribution in [0.1, 0.15) is 31.2 Å². The molecule has 0 bridgehead atoms. The maximum Gasteiger partial charge on any atom is 0.115 e. The predicted octanol–water partition coefficient (Wildman–Crippen LogP) is 1.73. The minimum Gasteiger partial charge on any atom is -0.508 e. The number of hydrogen-bond donors (Lipinski definition) is 3. The summed E-state index contributed by atoms with van der Waals surface area (Å²) in [4.78, 5) is 0. The van der Waals surface area contributed by atoms with Crippen LogP contribution >= 0.6 is 0 Å². The molecule has 0 spiro atoms. The van der Waals surface area contributed by atoms with Crippen LogP contribution in [0.2, 0.25) is 0 Å². The summed E-state index contributed by atoms with van der Waals surface area (Å²) in [6, 6.07) is 6.90. The van der Waals surface area contributed by atoms with E-state index in [9.17, 15) is 10.2 Å². The standard InChI is InChI=1S/C13H19NO2/c14-9-11-4-1-2-7-13(11,16)10-5-3-6-12(15)8-10/h3,5-6,8,11,15-16H,1-2,4,7,9,14H2/t11-,13-/m0/s1.